The predicted molar refractivity (Wildman–Crippen MR) is 261 cm³/mol. The standard InChI is InChI=1S/C58H43BF2N2/c1-58(2,3)46-36-55-57-56(37-46)63(50-19-11-17-43(33-50)39-14-8-5-9-15-39)54-35-45(41-22-28-48(61)29-23-41)25-31-52(54)59(57)51-30-24-44(40-20-26-47(60)27-21-40)34-53(51)62(55)49-18-10-16-42(32-49)38-12-6-4-7-13-38/h4-37H,1-3H3. The Hall–Kier alpha value is -7.50. The molecule has 302 valence electrons. The maximum Gasteiger partial charge on any atom is 0.252 e. The lowest BCUT2D eigenvalue weighted by Gasteiger charge is -2.45. The van der Waals surface area contributed by atoms with Crippen LogP contribution in [0.1, 0.15) is 26.3 Å². The summed E-state index contributed by atoms with van der Waals surface area (Å²) in [5, 5.41) is 0. The Morgan fingerprint density at radius 1 is 0.349 bits per heavy atom. The Labute approximate surface area is 368 Å². The van der Waals surface area contributed by atoms with Gasteiger partial charge >= 0.3 is 0 Å². The van der Waals surface area contributed by atoms with E-state index in [1.807, 2.05) is 24.3 Å². The topological polar surface area (TPSA) is 6.48 Å². The summed E-state index contributed by atoms with van der Waals surface area (Å²) in [5.41, 5.74) is 19.5. The number of fused-ring (bicyclic) bond motifs is 4. The molecule has 0 saturated carbocycles. The minimum atomic E-state index is -0.259. The molecule has 11 rings (SSSR count). The smallest absolute Gasteiger partial charge is 0.252 e. The Kier molecular flexibility index (Phi) is 9.24. The Morgan fingerprint density at radius 2 is 0.714 bits per heavy atom. The van der Waals surface area contributed by atoms with E-state index < -0.39 is 0 Å². The predicted octanol–water partition coefficient (Wildman–Crippen LogP) is 14.0. The van der Waals surface area contributed by atoms with E-state index in [0.29, 0.717) is 0 Å². The fraction of sp³-hybridized carbons (Fsp3) is 0.0690. The van der Waals surface area contributed by atoms with E-state index in [1.165, 1.54) is 46.2 Å². The molecule has 9 aromatic rings. The molecule has 2 heterocycles. The minimum absolute atomic E-state index is 0.124. The lowest BCUT2D eigenvalue weighted by atomic mass is 9.33. The summed E-state index contributed by atoms with van der Waals surface area (Å²) in [6, 6.07) is 70.6. The van der Waals surface area contributed by atoms with Gasteiger partial charge in [-0.05, 0) is 145 Å². The number of nitrogens with zero attached hydrogens (tertiary/aromatic N) is 2. The van der Waals surface area contributed by atoms with Gasteiger partial charge in [-0.2, -0.15) is 0 Å². The van der Waals surface area contributed by atoms with Crippen molar-refractivity contribution in [3.8, 4) is 44.5 Å². The highest BCUT2D eigenvalue weighted by Crippen LogP contribution is 2.48. The summed E-state index contributed by atoms with van der Waals surface area (Å²) in [7, 11) is 0. The van der Waals surface area contributed by atoms with Crippen LogP contribution in [0, 0.1) is 11.6 Å². The molecule has 0 radical (unpaired) electrons. The summed E-state index contributed by atoms with van der Waals surface area (Å²) in [6.45, 7) is 6.73. The van der Waals surface area contributed by atoms with Gasteiger partial charge in [0.2, 0.25) is 0 Å². The number of halogens is 2. The van der Waals surface area contributed by atoms with Crippen molar-refractivity contribution in [2.45, 2.75) is 26.2 Å². The van der Waals surface area contributed by atoms with Crippen LogP contribution in [0.5, 0.6) is 0 Å². The average molecular weight is 817 g/mol. The first kappa shape index (κ1) is 38.4. The molecule has 0 atom stereocenters. The second kappa shape index (κ2) is 15.1. The van der Waals surface area contributed by atoms with Gasteiger partial charge < -0.3 is 9.80 Å². The van der Waals surface area contributed by atoms with Crippen molar-refractivity contribution in [3.63, 3.8) is 0 Å². The first-order valence-corrected chi connectivity index (χ1v) is 21.6. The lowest BCUT2D eigenvalue weighted by Crippen LogP contribution is -2.61. The first-order valence-electron chi connectivity index (χ1n) is 21.6. The van der Waals surface area contributed by atoms with Crippen LogP contribution in [0.3, 0.4) is 0 Å². The number of hydrogen-bond acceptors (Lipinski definition) is 2. The lowest BCUT2D eigenvalue weighted by molar-refractivity contribution is 0.590. The number of rotatable bonds is 6. The number of anilines is 6. The third-order valence-electron chi connectivity index (χ3n) is 12.7. The highest BCUT2D eigenvalue weighted by atomic mass is 19.1. The van der Waals surface area contributed by atoms with Crippen molar-refractivity contribution in [2.24, 2.45) is 0 Å². The van der Waals surface area contributed by atoms with Crippen molar-refractivity contribution < 1.29 is 8.78 Å². The molecule has 63 heavy (non-hydrogen) atoms. The Bertz CT molecular complexity index is 2970. The zero-order valence-electron chi connectivity index (χ0n) is 35.4. The van der Waals surface area contributed by atoms with Crippen LogP contribution >= 0.6 is 0 Å². The van der Waals surface area contributed by atoms with Gasteiger partial charge in [-0.1, -0.05) is 154 Å². The van der Waals surface area contributed by atoms with E-state index >= 15 is 0 Å². The molecule has 2 aliphatic heterocycles. The van der Waals surface area contributed by atoms with Crippen LogP contribution in [0.4, 0.5) is 42.9 Å². The summed E-state index contributed by atoms with van der Waals surface area (Å²) in [5.74, 6) is -0.519. The van der Waals surface area contributed by atoms with E-state index in [9.17, 15) is 8.78 Å². The van der Waals surface area contributed by atoms with Gasteiger partial charge in [0, 0.05) is 34.1 Å². The minimum Gasteiger partial charge on any atom is -0.311 e. The van der Waals surface area contributed by atoms with Crippen LogP contribution in [0.2, 0.25) is 0 Å². The highest BCUT2D eigenvalue weighted by molar-refractivity contribution is 7.00. The van der Waals surface area contributed by atoms with E-state index in [2.05, 4.69) is 188 Å². The van der Waals surface area contributed by atoms with Crippen LogP contribution < -0.4 is 26.2 Å². The molecule has 0 amide bonds. The van der Waals surface area contributed by atoms with Crippen molar-refractivity contribution in [2.75, 3.05) is 9.80 Å². The fourth-order valence-electron chi connectivity index (χ4n) is 9.53. The highest BCUT2D eigenvalue weighted by Gasteiger charge is 2.44. The monoisotopic (exact) mass is 816 g/mol. The molecule has 0 unspecified atom stereocenters. The van der Waals surface area contributed by atoms with Gasteiger partial charge in [0.25, 0.3) is 6.71 Å². The van der Waals surface area contributed by atoms with Crippen LogP contribution in [-0.4, -0.2) is 6.71 Å². The summed E-state index contributed by atoms with van der Waals surface area (Å²) in [4.78, 5) is 4.91. The van der Waals surface area contributed by atoms with E-state index in [-0.39, 0.29) is 23.8 Å². The molecule has 2 aliphatic rings. The molecular weight excluding hydrogens is 773 g/mol. The second-order valence-corrected chi connectivity index (χ2v) is 17.7. The zero-order valence-corrected chi connectivity index (χ0v) is 35.4. The summed E-state index contributed by atoms with van der Waals surface area (Å²) >= 11 is 0. The third kappa shape index (κ3) is 6.81. The molecule has 0 fully saturated rings. The molecule has 5 heteroatoms. The van der Waals surface area contributed by atoms with E-state index in [4.69, 9.17) is 0 Å². The van der Waals surface area contributed by atoms with Gasteiger partial charge in [-0.3, -0.25) is 0 Å². The average Bonchev–Trinajstić information content (AvgIpc) is 3.32. The van der Waals surface area contributed by atoms with Gasteiger partial charge in [0.15, 0.2) is 0 Å². The molecule has 0 saturated heterocycles. The van der Waals surface area contributed by atoms with Crippen LogP contribution in [0.15, 0.2) is 206 Å². The number of benzene rings is 9. The van der Waals surface area contributed by atoms with E-state index in [1.54, 1.807) is 0 Å². The SMILES string of the molecule is CC(C)(C)c1cc2c3c(c1)N(c1cccc(-c4ccccc4)c1)c1cc(-c4ccc(F)cc4)ccc1B3c1ccc(-c3ccc(F)cc3)cc1N2c1cccc(-c2ccccc2)c1. The third-order valence-corrected chi connectivity index (χ3v) is 12.7. The van der Waals surface area contributed by atoms with E-state index in [0.717, 1.165) is 78.6 Å². The number of hydrogen-bond donors (Lipinski definition) is 0. The van der Waals surface area contributed by atoms with Gasteiger partial charge in [-0.15, -0.1) is 0 Å². The summed E-state index contributed by atoms with van der Waals surface area (Å²) < 4.78 is 28.6. The molecular formula is C58H43BF2N2. The largest absolute Gasteiger partial charge is 0.311 e. The molecule has 0 spiro atoms. The van der Waals surface area contributed by atoms with Crippen molar-refractivity contribution in [1.82, 2.24) is 0 Å². The van der Waals surface area contributed by atoms with Gasteiger partial charge in [0.05, 0.1) is 0 Å². The second-order valence-electron chi connectivity index (χ2n) is 17.7. The van der Waals surface area contributed by atoms with Crippen molar-refractivity contribution in [3.05, 3.63) is 223 Å². The molecule has 0 aliphatic carbocycles. The maximum absolute atomic E-state index is 14.3. The van der Waals surface area contributed by atoms with Crippen molar-refractivity contribution >= 4 is 57.2 Å². The maximum atomic E-state index is 14.3. The molecule has 0 aromatic heterocycles. The Morgan fingerprint density at radius 3 is 1.13 bits per heavy atom. The molecule has 0 bridgehead atoms. The van der Waals surface area contributed by atoms with Crippen LogP contribution in [0.25, 0.3) is 44.5 Å². The Balaban J connectivity index is 1.22. The summed E-state index contributed by atoms with van der Waals surface area (Å²) in [6.07, 6.45) is 0. The fourth-order valence-corrected chi connectivity index (χ4v) is 9.53. The van der Waals surface area contributed by atoms with Crippen molar-refractivity contribution in [1.29, 1.82) is 0 Å². The van der Waals surface area contributed by atoms with Crippen LogP contribution in [-0.2, 0) is 5.41 Å². The van der Waals surface area contributed by atoms with Gasteiger partial charge in [-0.25, -0.2) is 8.78 Å². The normalized spacial score (nSPS) is 12.7. The molecule has 2 nitrogen and oxygen atoms in total. The molecule has 9 aromatic carbocycles. The van der Waals surface area contributed by atoms with Gasteiger partial charge in [0.1, 0.15) is 11.6 Å². The zero-order chi connectivity index (χ0) is 42.8. The molecule has 0 N–H and O–H groups in total. The first-order chi connectivity index (χ1) is 30.7. The quantitative estimate of drug-likeness (QED) is 0.154.